The van der Waals surface area contributed by atoms with Crippen LogP contribution in [0.2, 0.25) is 0 Å². The largest absolute Gasteiger partial charge is 0.416 e. The van der Waals surface area contributed by atoms with Crippen molar-refractivity contribution in [2.75, 3.05) is 24.3 Å². The Labute approximate surface area is 160 Å². The van der Waals surface area contributed by atoms with Crippen LogP contribution in [0.5, 0.6) is 0 Å². The average molecular weight is 392 g/mol. The van der Waals surface area contributed by atoms with Gasteiger partial charge in [0.1, 0.15) is 6.42 Å². The van der Waals surface area contributed by atoms with Gasteiger partial charge in [-0.3, -0.25) is 9.59 Å². The molecule has 0 aliphatic carbocycles. The number of halogens is 3. The van der Waals surface area contributed by atoms with E-state index in [-0.39, 0.29) is 5.69 Å². The standard InChI is InChI=1S/C19H19F3N4O2/c1-26(2)16-8-6-13(7-9-16)12-23-25-18(28)11-17(27)24-15-5-3-4-14(10-15)19(20,21)22/h3-10,12H,11H2,1-2H3,(H,24,27)(H,25,28). The predicted molar refractivity (Wildman–Crippen MR) is 101 cm³/mol. The minimum absolute atomic E-state index is 0.0443. The maximum atomic E-state index is 12.7. The van der Waals surface area contributed by atoms with E-state index in [4.69, 9.17) is 0 Å². The summed E-state index contributed by atoms with van der Waals surface area (Å²) in [4.78, 5) is 25.5. The molecular weight excluding hydrogens is 373 g/mol. The van der Waals surface area contributed by atoms with Crippen molar-refractivity contribution < 1.29 is 22.8 Å². The molecule has 2 amide bonds. The molecule has 2 N–H and O–H groups in total. The zero-order valence-electron chi connectivity index (χ0n) is 15.2. The minimum Gasteiger partial charge on any atom is -0.378 e. The van der Waals surface area contributed by atoms with E-state index in [1.165, 1.54) is 18.3 Å². The number of amides is 2. The topological polar surface area (TPSA) is 73.8 Å². The number of alkyl halides is 3. The van der Waals surface area contributed by atoms with Crippen LogP contribution in [0.15, 0.2) is 53.6 Å². The number of nitrogens with one attached hydrogen (secondary N) is 2. The van der Waals surface area contributed by atoms with Crippen LogP contribution in [0.3, 0.4) is 0 Å². The lowest BCUT2D eigenvalue weighted by molar-refractivity contribution is -0.137. The molecule has 0 aliphatic rings. The van der Waals surface area contributed by atoms with Gasteiger partial charge in [0.25, 0.3) is 0 Å². The van der Waals surface area contributed by atoms with Crippen molar-refractivity contribution in [3.63, 3.8) is 0 Å². The molecule has 0 fully saturated rings. The van der Waals surface area contributed by atoms with Gasteiger partial charge in [-0.1, -0.05) is 18.2 Å². The first kappa shape index (κ1) is 20.9. The second kappa shape index (κ2) is 9.03. The number of anilines is 2. The third kappa shape index (κ3) is 6.42. The van der Waals surface area contributed by atoms with Gasteiger partial charge in [-0.2, -0.15) is 18.3 Å². The molecule has 0 saturated heterocycles. The number of hydrogen-bond acceptors (Lipinski definition) is 4. The van der Waals surface area contributed by atoms with Crippen LogP contribution in [0.4, 0.5) is 24.5 Å². The minimum atomic E-state index is -4.52. The highest BCUT2D eigenvalue weighted by Crippen LogP contribution is 2.30. The highest BCUT2D eigenvalue weighted by molar-refractivity contribution is 6.03. The first-order valence-electron chi connectivity index (χ1n) is 8.21. The van der Waals surface area contributed by atoms with Crippen molar-refractivity contribution in [1.29, 1.82) is 0 Å². The van der Waals surface area contributed by atoms with Gasteiger partial charge in [0, 0.05) is 25.5 Å². The Morgan fingerprint density at radius 3 is 2.36 bits per heavy atom. The fourth-order valence-corrected chi connectivity index (χ4v) is 2.20. The van der Waals surface area contributed by atoms with Crippen LogP contribution in [0.25, 0.3) is 0 Å². The molecule has 0 saturated carbocycles. The molecule has 0 unspecified atom stereocenters. The number of hydrazone groups is 1. The van der Waals surface area contributed by atoms with E-state index in [1.807, 2.05) is 43.3 Å². The number of carbonyl (C=O) groups is 2. The van der Waals surface area contributed by atoms with Crippen molar-refractivity contribution in [1.82, 2.24) is 5.43 Å². The highest BCUT2D eigenvalue weighted by Gasteiger charge is 2.30. The molecule has 0 bridgehead atoms. The van der Waals surface area contributed by atoms with Gasteiger partial charge >= 0.3 is 6.18 Å². The molecule has 0 heterocycles. The van der Waals surface area contributed by atoms with E-state index in [0.717, 1.165) is 23.4 Å². The number of benzene rings is 2. The molecule has 28 heavy (non-hydrogen) atoms. The summed E-state index contributed by atoms with van der Waals surface area (Å²) in [6.45, 7) is 0. The first-order valence-corrected chi connectivity index (χ1v) is 8.21. The molecule has 0 aliphatic heterocycles. The number of rotatable bonds is 6. The van der Waals surface area contributed by atoms with Crippen LogP contribution in [-0.2, 0) is 15.8 Å². The predicted octanol–water partition coefficient (Wildman–Crippen LogP) is 3.25. The zero-order chi connectivity index (χ0) is 20.7. The molecule has 0 spiro atoms. The summed E-state index contributed by atoms with van der Waals surface area (Å²) in [5, 5.41) is 6.01. The molecule has 0 atom stereocenters. The Morgan fingerprint density at radius 2 is 1.75 bits per heavy atom. The summed E-state index contributed by atoms with van der Waals surface area (Å²) in [6, 6.07) is 11.5. The summed E-state index contributed by atoms with van der Waals surface area (Å²) < 4.78 is 38.0. The van der Waals surface area contributed by atoms with Crippen LogP contribution < -0.4 is 15.6 Å². The fourth-order valence-electron chi connectivity index (χ4n) is 2.20. The Kier molecular flexibility index (Phi) is 6.75. The van der Waals surface area contributed by atoms with Crippen LogP contribution in [-0.4, -0.2) is 32.1 Å². The monoisotopic (exact) mass is 392 g/mol. The third-order valence-electron chi connectivity index (χ3n) is 3.61. The van der Waals surface area contributed by atoms with E-state index in [1.54, 1.807) is 0 Å². The molecule has 9 heteroatoms. The Balaban J connectivity index is 1.85. The van der Waals surface area contributed by atoms with E-state index in [2.05, 4.69) is 15.8 Å². The SMILES string of the molecule is CN(C)c1ccc(C=NNC(=O)CC(=O)Nc2cccc(C(F)(F)F)c2)cc1. The van der Waals surface area contributed by atoms with Gasteiger partial charge in [-0.25, -0.2) is 5.43 Å². The van der Waals surface area contributed by atoms with Crippen molar-refractivity contribution in [3.8, 4) is 0 Å². The van der Waals surface area contributed by atoms with E-state index in [0.29, 0.717) is 0 Å². The molecule has 2 rings (SSSR count). The smallest absolute Gasteiger partial charge is 0.378 e. The number of carbonyl (C=O) groups excluding carboxylic acids is 2. The van der Waals surface area contributed by atoms with Crippen molar-refractivity contribution in [2.45, 2.75) is 12.6 Å². The Hall–Kier alpha value is -3.36. The Morgan fingerprint density at radius 1 is 1.07 bits per heavy atom. The average Bonchev–Trinajstić information content (AvgIpc) is 2.61. The lowest BCUT2D eigenvalue weighted by atomic mass is 10.2. The zero-order valence-corrected chi connectivity index (χ0v) is 15.2. The number of nitrogens with zero attached hydrogens (tertiary/aromatic N) is 2. The third-order valence-corrected chi connectivity index (χ3v) is 3.61. The lowest BCUT2D eigenvalue weighted by Crippen LogP contribution is -2.24. The van der Waals surface area contributed by atoms with Gasteiger partial charge in [-0.15, -0.1) is 0 Å². The van der Waals surface area contributed by atoms with Crippen molar-refractivity contribution in [3.05, 3.63) is 59.7 Å². The van der Waals surface area contributed by atoms with Gasteiger partial charge in [-0.05, 0) is 35.9 Å². The molecule has 2 aromatic carbocycles. The van der Waals surface area contributed by atoms with Crippen LogP contribution >= 0.6 is 0 Å². The summed E-state index contributed by atoms with van der Waals surface area (Å²) >= 11 is 0. The summed E-state index contributed by atoms with van der Waals surface area (Å²) in [6.07, 6.45) is -3.67. The van der Waals surface area contributed by atoms with E-state index >= 15 is 0 Å². The van der Waals surface area contributed by atoms with Gasteiger partial charge < -0.3 is 10.2 Å². The number of hydrogen-bond donors (Lipinski definition) is 2. The quantitative estimate of drug-likeness (QED) is 0.450. The summed E-state index contributed by atoms with van der Waals surface area (Å²) in [5.41, 5.74) is 3.02. The molecule has 2 aromatic rings. The van der Waals surface area contributed by atoms with E-state index < -0.39 is 30.0 Å². The van der Waals surface area contributed by atoms with Gasteiger partial charge in [0.05, 0.1) is 11.8 Å². The Bertz CT molecular complexity index is 862. The highest BCUT2D eigenvalue weighted by atomic mass is 19.4. The van der Waals surface area contributed by atoms with E-state index in [9.17, 15) is 22.8 Å². The molecular formula is C19H19F3N4O2. The maximum absolute atomic E-state index is 12.7. The summed E-state index contributed by atoms with van der Waals surface area (Å²) in [5.74, 6) is -1.44. The molecule has 0 radical (unpaired) electrons. The molecule has 148 valence electrons. The van der Waals surface area contributed by atoms with Crippen molar-refractivity contribution >= 4 is 29.4 Å². The first-order chi connectivity index (χ1) is 13.1. The van der Waals surface area contributed by atoms with Crippen molar-refractivity contribution in [2.24, 2.45) is 5.10 Å². The van der Waals surface area contributed by atoms with Gasteiger partial charge in [0.15, 0.2) is 0 Å². The fraction of sp³-hybridized carbons (Fsp3) is 0.211. The van der Waals surface area contributed by atoms with Gasteiger partial charge in [0.2, 0.25) is 11.8 Å². The lowest BCUT2D eigenvalue weighted by Gasteiger charge is -2.11. The molecule has 6 nitrogen and oxygen atoms in total. The maximum Gasteiger partial charge on any atom is 0.416 e. The van der Waals surface area contributed by atoms with Crippen LogP contribution in [0.1, 0.15) is 17.5 Å². The summed E-state index contributed by atoms with van der Waals surface area (Å²) in [7, 11) is 3.82. The second-order valence-electron chi connectivity index (χ2n) is 6.08. The normalized spacial score (nSPS) is 11.3. The molecule has 0 aromatic heterocycles. The van der Waals surface area contributed by atoms with Crippen LogP contribution in [0, 0.1) is 0 Å². The second-order valence-corrected chi connectivity index (χ2v) is 6.08.